The molecule has 0 aromatic carbocycles. The van der Waals surface area contributed by atoms with E-state index in [2.05, 4.69) is 10.6 Å². The van der Waals surface area contributed by atoms with Gasteiger partial charge in [-0.2, -0.15) is 0 Å². The van der Waals surface area contributed by atoms with E-state index in [9.17, 15) is 4.79 Å². The fourth-order valence-electron chi connectivity index (χ4n) is 2.73. The van der Waals surface area contributed by atoms with Crippen molar-refractivity contribution in [3.63, 3.8) is 0 Å². The summed E-state index contributed by atoms with van der Waals surface area (Å²) in [5, 5.41) is 6.38. The summed E-state index contributed by atoms with van der Waals surface area (Å²) in [5.74, 6) is 0.739. The lowest BCUT2D eigenvalue weighted by atomic mass is 10.00. The molecule has 1 saturated carbocycles. The molecule has 2 aliphatic rings. The summed E-state index contributed by atoms with van der Waals surface area (Å²) in [6.07, 6.45) is 5.69. The summed E-state index contributed by atoms with van der Waals surface area (Å²) in [6, 6.07) is 0.486. The molecule has 0 spiro atoms. The van der Waals surface area contributed by atoms with E-state index in [1.165, 1.54) is 19.3 Å². The first kappa shape index (κ1) is 10.9. The van der Waals surface area contributed by atoms with Crippen molar-refractivity contribution in [3.05, 3.63) is 0 Å². The summed E-state index contributed by atoms with van der Waals surface area (Å²) >= 11 is 0. The molecule has 2 rings (SSSR count). The predicted molar refractivity (Wildman–Crippen MR) is 59.4 cm³/mol. The number of nitrogens with two attached hydrogens (primary N) is 1. The first-order valence-electron chi connectivity index (χ1n) is 6.05. The Morgan fingerprint density at radius 3 is 2.93 bits per heavy atom. The van der Waals surface area contributed by atoms with Crippen molar-refractivity contribution < 1.29 is 4.79 Å². The predicted octanol–water partition coefficient (Wildman–Crippen LogP) is -0.0180. The van der Waals surface area contributed by atoms with Crippen LogP contribution in [0.2, 0.25) is 0 Å². The van der Waals surface area contributed by atoms with Crippen LogP contribution in [-0.4, -0.2) is 31.1 Å². The smallest absolute Gasteiger partial charge is 0.237 e. The molecule has 4 nitrogen and oxygen atoms in total. The molecule has 2 fully saturated rings. The molecule has 0 bridgehead atoms. The molecule has 3 unspecified atom stereocenters. The van der Waals surface area contributed by atoms with Crippen LogP contribution in [0.4, 0.5) is 0 Å². The number of carbonyl (C=O) groups is 1. The first-order valence-corrected chi connectivity index (χ1v) is 6.05. The van der Waals surface area contributed by atoms with Gasteiger partial charge in [0, 0.05) is 12.6 Å². The van der Waals surface area contributed by atoms with Gasteiger partial charge in [-0.3, -0.25) is 4.79 Å². The third kappa shape index (κ3) is 2.49. The fourth-order valence-corrected chi connectivity index (χ4v) is 2.73. The number of carbonyl (C=O) groups excluding carboxylic acids is 1. The molecule has 1 aliphatic carbocycles. The zero-order chi connectivity index (χ0) is 10.7. The van der Waals surface area contributed by atoms with Gasteiger partial charge >= 0.3 is 0 Å². The zero-order valence-corrected chi connectivity index (χ0v) is 9.17. The van der Waals surface area contributed by atoms with Gasteiger partial charge in [0.1, 0.15) is 0 Å². The zero-order valence-electron chi connectivity index (χ0n) is 9.17. The Balaban J connectivity index is 1.86. The second-order valence-corrected chi connectivity index (χ2v) is 4.69. The molecule has 0 aromatic rings. The number of hydrogen-bond acceptors (Lipinski definition) is 3. The van der Waals surface area contributed by atoms with Crippen LogP contribution < -0.4 is 16.4 Å². The van der Waals surface area contributed by atoms with Gasteiger partial charge in [-0.1, -0.05) is 6.42 Å². The third-order valence-electron chi connectivity index (χ3n) is 3.66. The largest absolute Gasteiger partial charge is 0.355 e. The molecule has 1 saturated heterocycles. The molecule has 1 aliphatic heterocycles. The lowest BCUT2D eigenvalue weighted by molar-refractivity contribution is -0.124. The molecule has 15 heavy (non-hydrogen) atoms. The second-order valence-electron chi connectivity index (χ2n) is 4.69. The van der Waals surface area contributed by atoms with E-state index in [1.54, 1.807) is 0 Å². The van der Waals surface area contributed by atoms with E-state index < -0.39 is 0 Å². The number of piperidine rings is 1. The summed E-state index contributed by atoms with van der Waals surface area (Å²) < 4.78 is 0. The van der Waals surface area contributed by atoms with Crippen LogP contribution >= 0.6 is 0 Å². The lowest BCUT2D eigenvalue weighted by Gasteiger charge is -2.28. The third-order valence-corrected chi connectivity index (χ3v) is 3.66. The Hall–Kier alpha value is -0.610. The van der Waals surface area contributed by atoms with Crippen molar-refractivity contribution in [2.75, 3.05) is 13.1 Å². The minimum absolute atomic E-state index is 0.0240. The van der Waals surface area contributed by atoms with Crippen LogP contribution in [0.25, 0.3) is 0 Å². The molecule has 86 valence electrons. The molecule has 3 atom stereocenters. The molecular formula is C11H21N3O. The SMILES string of the molecule is NCC1CCCC1NC1CCCNC1=O. The minimum atomic E-state index is 0.0240. The maximum absolute atomic E-state index is 11.6. The monoisotopic (exact) mass is 211 g/mol. The van der Waals surface area contributed by atoms with E-state index in [-0.39, 0.29) is 11.9 Å². The summed E-state index contributed by atoms with van der Waals surface area (Å²) in [4.78, 5) is 11.6. The number of nitrogens with one attached hydrogen (secondary N) is 2. The van der Waals surface area contributed by atoms with Crippen molar-refractivity contribution in [2.24, 2.45) is 11.7 Å². The molecule has 4 N–H and O–H groups in total. The maximum atomic E-state index is 11.6. The van der Waals surface area contributed by atoms with Gasteiger partial charge < -0.3 is 16.4 Å². The Morgan fingerprint density at radius 2 is 2.20 bits per heavy atom. The van der Waals surface area contributed by atoms with Crippen LogP contribution in [0.1, 0.15) is 32.1 Å². The Bertz CT molecular complexity index is 232. The van der Waals surface area contributed by atoms with Gasteiger partial charge in [0.25, 0.3) is 0 Å². The number of rotatable bonds is 3. The van der Waals surface area contributed by atoms with Crippen LogP contribution in [0.5, 0.6) is 0 Å². The van der Waals surface area contributed by atoms with Crippen LogP contribution in [0.3, 0.4) is 0 Å². The molecular weight excluding hydrogens is 190 g/mol. The Kier molecular flexibility index (Phi) is 3.59. The van der Waals surface area contributed by atoms with Gasteiger partial charge in [0.15, 0.2) is 0 Å². The van der Waals surface area contributed by atoms with Crippen molar-refractivity contribution in [1.82, 2.24) is 10.6 Å². The summed E-state index contributed by atoms with van der Waals surface area (Å²) in [6.45, 7) is 1.58. The summed E-state index contributed by atoms with van der Waals surface area (Å²) in [7, 11) is 0. The minimum Gasteiger partial charge on any atom is -0.355 e. The highest BCUT2D eigenvalue weighted by Crippen LogP contribution is 2.25. The van der Waals surface area contributed by atoms with Crippen LogP contribution in [0.15, 0.2) is 0 Å². The quantitative estimate of drug-likeness (QED) is 0.614. The average Bonchev–Trinajstić information content (AvgIpc) is 2.69. The van der Waals surface area contributed by atoms with E-state index >= 15 is 0 Å². The van der Waals surface area contributed by atoms with Crippen molar-refractivity contribution >= 4 is 5.91 Å². The number of hydrogen-bond donors (Lipinski definition) is 3. The summed E-state index contributed by atoms with van der Waals surface area (Å²) in [5.41, 5.74) is 5.72. The van der Waals surface area contributed by atoms with Crippen LogP contribution in [-0.2, 0) is 4.79 Å². The molecule has 1 amide bonds. The van der Waals surface area contributed by atoms with Crippen molar-refractivity contribution in [1.29, 1.82) is 0 Å². The first-order chi connectivity index (χ1) is 7.31. The maximum Gasteiger partial charge on any atom is 0.237 e. The fraction of sp³-hybridized carbons (Fsp3) is 0.909. The van der Waals surface area contributed by atoms with E-state index in [1.807, 2.05) is 0 Å². The van der Waals surface area contributed by atoms with Gasteiger partial charge in [0.2, 0.25) is 5.91 Å². The van der Waals surface area contributed by atoms with E-state index in [0.717, 1.165) is 25.9 Å². The Labute approximate surface area is 91.0 Å². The van der Waals surface area contributed by atoms with Crippen LogP contribution in [0, 0.1) is 5.92 Å². The standard InChI is InChI=1S/C11H21N3O/c12-7-8-3-1-4-9(8)14-10-5-2-6-13-11(10)15/h8-10,14H,1-7,12H2,(H,13,15). The highest BCUT2D eigenvalue weighted by molar-refractivity contribution is 5.82. The van der Waals surface area contributed by atoms with E-state index in [4.69, 9.17) is 5.73 Å². The van der Waals surface area contributed by atoms with E-state index in [0.29, 0.717) is 12.0 Å². The second kappa shape index (κ2) is 4.94. The molecule has 1 heterocycles. The van der Waals surface area contributed by atoms with Gasteiger partial charge in [0.05, 0.1) is 6.04 Å². The lowest BCUT2D eigenvalue weighted by Crippen LogP contribution is -2.52. The topological polar surface area (TPSA) is 67.2 Å². The Morgan fingerprint density at radius 1 is 1.33 bits per heavy atom. The normalized spacial score (nSPS) is 36.6. The average molecular weight is 211 g/mol. The van der Waals surface area contributed by atoms with Crippen molar-refractivity contribution in [2.45, 2.75) is 44.2 Å². The van der Waals surface area contributed by atoms with Gasteiger partial charge in [-0.15, -0.1) is 0 Å². The molecule has 0 aromatic heterocycles. The molecule has 4 heteroatoms. The molecule has 0 radical (unpaired) electrons. The highest BCUT2D eigenvalue weighted by Gasteiger charge is 2.31. The highest BCUT2D eigenvalue weighted by atomic mass is 16.2. The van der Waals surface area contributed by atoms with Crippen molar-refractivity contribution in [3.8, 4) is 0 Å². The number of amides is 1. The van der Waals surface area contributed by atoms with Gasteiger partial charge in [-0.05, 0) is 38.1 Å². The van der Waals surface area contributed by atoms with Gasteiger partial charge in [-0.25, -0.2) is 0 Å².